The van der Waals surface area contributed by atoms with Crippen LogP contribution in [0.1, 0.15) is 12.8 Å². The average molecular weight is 332 g/mol. The first-order valence-electron chi connectivity index (χ1n) is 5.98. The molecule has 0 atom stereocenters. The fourth-order valence-corrected chi connectivity index (χ4v) is 2.84. The molecule has 1 aliphatic rings. The van der Waals surface area contributed by atoms with Gasteiger partial charge < -0.3 is 5.32 Å². The van der Waals surface area contributed by atoms with E-state index in [1.54, 1.807) is 6.07 Å². The van der Waals surface area contributed by atoms with Crippen molar-refractivity contribution in [3.63, 3.8) is 0 Å². The van der Waals surface area contributed by atoms with Gasteiger partial charge in [-0.15, -0.1) is 0 Å². The normalized spacial score (nSPS) is 15.6. The number of fused-ring (bicyclic) bond motifs is 1. The number of sulfone groups is 1. The number of rotatable bonds is 3. The maximum atomic E-state index is 11.8. The Hall–Kier alpha value is -1.11. The Morgan fingerprint density at radius 3 is 2.20 bits per heavy atom. The number of benzene rings is 1. The summed E-state index contributed by atoms with van der Waals surface area (Å²) in [5.74, 6) is 0.279. The molecule has 20 heavy (non-hydrogen) atoms. The molecular weight excluding hydrogens is 321 g/mol. The zero-order valence-corrected chi connectivity index (χ0v) is 12.8. The molecule has 1 N–H and O–H groups in total. The third-order valence-electron chi connectivity index (χ3n) is 2.94. The Kier molecular flexibility index (Phi) is 3.27. The molecular formula is C12H11Cl2N3O2S. The van der Waals surface area contributed by atoms with Crippen molar-refractivity contribution in [2.45, 2.75) is 23.9 Å². The minimum atomic E-state index is -3.48. The summed E-state index contributed by atoms with van der Waals surface area (Å²) in [4.78, 5) is 8.50. The summed E-state index contributed by atoms with van der Waals surface area (Å²) < 4.78 is 23.7. The van der Waals surface area contributed by atoms with Crippen molar-refractivity contribution >= 4 is 49.9 Å². The number of aromatic nitrogens is 2. The molecule has 1 aliphatic carbocycles. The van der Waals surface area contributed by atoms with Crippen molar-refractivity contribution in [3.05, 3.63) is 22.2 Å². The molecule has 1 heterocycles. The van der Waals surface area contributed by atoms with E-state index in [0.29, 0.717) is 21.1 Å². The molecule has 0 saturated heterocycles. The molecule has 106 valence electrons. The van der Waals surface area contributed by atoms with E-state index < -0.39 is 9.84 Å². The second-order valence-electron chi connectivity index (χ2n) is 4.82. The average Bonchev–Trinajstić information content (AvgIpc) is 3.13. The highest BCUT2D eigenvalue weighted by Gasteiger charge is 2.26. The standard InChI is InChI=1S/C12H11Cl2N3O2S/c1-20(18,19)12-11(15-6-2-3-6)16-9-4-7(13)8(14)5-10(9)17-12/h4-6H,2-3H2,1H3,(H,15,16). The number of hydrogen-bond acceptors (Lipinski definition) is 5. The maximum absolute atomic E-state index is 11.8. The lowest BCUT2D eigenvalue weighted by Gasteiger charge is -2.10. The van der Waals surface area contributed by atoms with Crippen LogP contribution in [0.4, 0.5) is 5.82 Å². The monoisotopic (exact) mass is 331 g/mol. The van der Waals surface area contributed by atoms with Crippen molar-refractivity contribution in [1.29, 1.82) is 0 Å². The molecule has 8 heteroatoms. The number of halogens is 2. The molecule has 0 unspecified atom stereocenters. The summed E-state index contributed by atoms with van der Waals surface area (Å²) in [6.45, 7) is 0. The van der Waals surface area contributed by atoms with Crippen molar-refractivity contribution in [2.24, 2.45) is 0 Å². The van der Waals surface area contributed by atoms with Crippen LogP contribution in [0.3, 0.4) is 0 Å². The summed E-state index contributed by atoms with van der Waals surface area (Å²) >= 11 is 11.9. The highest BCUT2D eigenvalue weighted by Crippen LogP contribution is 2.31. The summed E-state index contributed by atoms with van der Waals surface area (Å²) in [7, 11) is -3.48. The number of hydrogen-bond donors (Lipinski definition) is 1. The molecule has 1 aromatic carbocycles. The molecule has 2 aromatic rings. The van der Waals surface area contributed by atoms with Crippen LogP contribution in [-0.2, 0) is 9.84 Å². The SMILES string of the molecule is CS(=O)(=O)c1nc2cc(Cl)c(Cl)cc2nc1NC1CC1. The highest BCUT2D eigenvalue weighted by molar-refractivity contribution is 7.90. The zero-order chi connectivity index (χ0) is 14.5. The Bertz CT molecular complexity index is 804. The molecule has 5 nitrogen and oxygen atoms in total. The lowest BCUT2D eigenvalue weighted by Crippen LogP contribution is -2.12. The predicted octanol–water partition coefficient (Wildman–Crippen LogP) is 2.91. The minimum absolute atomic E-state index is 0.0599. The van der Waals surface area contributed by atoms with Gasteiger partial charge in [0.05, 0.1) is 21.1 Å². The fourth-order valence-electron chi connectivity index (χ4n) is 1.81. The van der Waals surface area contributed by atoms with Gasteiger partial charge in [0, 0.05) is 12.3 Å². The first-order chi connectivity index (χ1) is 9.34. The smallest absolute Gasteiger partial charge is 0.198 e. The van der Waals surface area contributed by atoms with E-state index in [0.717, 1.165) is 19.1 Å². The molecule has 1 aromatic heterocycles. The summed E-state index contributed by atoms with van der Waals surface area (Å²) in [5.41, 5.74) is 0.913. The lowest BCUT2D eigenvalue weighted by atomic mass is 10.3. The van der Waals surface area contributed by atoms with Gasteiger partial charge in [0.15, 0.2) is 20.7 Å². The van der Waals surface area contributed by atoms with Crippen LogP contribution in [0.15, 0.2) is 17.2 Å². The first kappa shape index (κ1) is 13.9. The van der Waals surface area contributed by atoms with E-state index >= 15 is 0 Å². The van der Waals surface area contributed by atoms with Gasteiger partial charge in [-0.05, 0) is 25.0 Å². The molecule has 0 radical (unpaired) electrons. The van der Waals surface area contributed by atoms with Crippen molar-refractivity contribution in [3.8, 4) is 0 Å². The van der Waals surface area contributed by atoms with Gasteiger partial charge in [-0.2, -0.15) is 0 Å². The van der Waals surface area contributed by atoms with Gasteiger partial charge in [-0.3, -0.25) is 0 Å². The predicted molar refractivity (Wildman–Crippen MR) is 79.3 cm³/mol. The van der Waals surface area contributed by atoms with E-state index in [2.05, 4.69) is 15.3 Å². The van der Waals surface area contributed by atoms with Crippen molar-refractivity contribution < 1.29 is 8.42 Å². The molecule has 1 saturated carbocycles. The number of nitrogens with one attached hydrogen (secondary N) is 1. The van der Waals surface area contributed by atoms with Gasteiger partial charge in [-0.25, -0.2) is 18.4 Å². The molecule has 0 spiro atoms. The van der Waals surface area contributed by atoms with Crippen LogP contribution in [0.2, 0.25) is 10.0 Å². The van der Waals surface area contributed by atoms with Crippen molar-refractivity contribution in [2.75, 3.05) is 11.6 Å². The number of anilines is 1. The van der Waals surface area contributed by atoms with Gasteiger partial charge in [0.1, 0.15) is 0 Å². The molecule has 0 amide bonds. The Morgan fingerprint density at radius 2 is 1.70 bits per heavy atom. The minimum Gasteiger partial charge on any atom is -0.365 e. The largest absolute Gasteiger partial charge is 0.365 e. The molecule has 0 bridgehead atoms. The van der Waals surface area contributed by atoms with Gasteiger partial charge in [0.2, 0.25) is 0 Å². The Morgan fingerprint density at radius 1 is 1.15 bits per heavy atom. The van der Waals surface area contributed by atoms with E-state index in [1.165, 1.54) is 6.07 Å². The first-order valence-corrected chi connectivity index (χ1v) is 8.63. The van der Waals surface area contributed by atoms with E-state index in [1.807, 2.05) is 0 Å². The molecule has 3 rings (SSSR count). The summed E-state index contributed by atoms with van der Waals surface area (Å²) in [6, 6.07) is 3.36. The lowest BCUT2D eigenvalue weighted by molar-refractivity contribution is 0.598. The third-order valence-corrected chi connectivity index (χ3v) is 4.65. The van der Waals surface area contributed by atoms with Crippen LogP contribution >= 0.6 is 23.2 Å². The number of nitrogens with zero attached hydrogens (tertiary/aromatic N) is 2. The van der Waals surface area contributed by atoms with Crippen LogP contribution in [0, 0.1) is 0 Å². The molecule has 1 fully saturated rings. The van der Waals surface area contributed by atoms with E-state index in [-0.39, 0.29) is 16.9 Å². The maximum Gasteiger partial charge on any atom is 0.198 e. The van der Waals surface area contributed by atoms with Crippen LogP contribution < -0.4 is 5.32 Å². The topological polar surface area (TPSA) is 72.0 Å². The van der Waals surface area contributed by atoms with Gasteiger partial charge in [0.25, 0.3) is 0 Å². The quantitative estimate of drug-likeness (QED) is 0.936. The third kappa shape index (κ3) is 2.68. The zero-order valence-electron chi connectivity index (χ0n) is 10.5. The van der Waals surface area contributed by atoms with Crippen LogP contribution in [-0.4, -0.2) is 30.7 Å². The second kappa shape index (κ2) is 4.72. The van der Waals surface area contributed by atoms with Gasteiger partial charge >= 0.3 is 0 Å². The fraction of sp³-hybridized carbons (Fsp3) is 0.333. The second-order valence-corrected chi connectivity index (χ2v) is 7.57. The Balaban J connectivity index is 2.25. The van der Waals surface area contributed by atoms with Gasteiger partial charge in [-0.1, -0.05) is 23.2 Å². The Labute approximate surface area is 126 Å². The molecule has 0 aliphatic heterocycles. The summed E-state index contributed by atoms with van der Waals surface area (Å²) in [5, 5.41) is 3.70. The van der Waals surface area contributed by atoms with Crippen LogP contribution in [0.5, 0.6) is 0 Å². The van der Waals surface area contributed by atoms with E-state index in [9.17, 15) is 8.42 Å². The van der Waals surface area contributed by atoms with Crippen LogP contribution in [0.25, 0.3) is 11.0 Å². The highest BCUT2D eigenvalue weighted by atomic mass is 35.5. The van der Waals surface area contributed by atoms with E-state index in [4.69, 9.17) is 23.2 Å². The summed E-state index contributed by atoms with van der Waals surface area (Å²) in [6.07, 6.45) is 3.12. The van der Waals surface area contributed by atoms with Crippen molar-refractivity contribution in [1.82, 2.24) is 9.97 Å².